The molecule has 0 aliphatic rings. The van der Waals surface area contributed by atoms with E-state index in [0.29, 0.717) is 12.8 Å². The van der Waals surface area contributed by atoms with Gasteiger partial charge in [-0.15, -0.1) is 0 Å². The summed E-state index contributed by atoms with van der Waals surface area (Å²) >= 11 is 0. The molecule has 0 aliphatic heterocycles. The minimum Gasteiger partial charge on any atom is -0.748 e. The molecule has 29 heavy (non-hydrogen) atoms. The largest absolute Gasteiger partial charge is 1.00 e. The summed E-state index contributed by atoms with van der Waals surface area (Å²) in [5, 5.41) is 9.26. The van der Waals surface area contributed by atoms with E-state index in [4.69, 9.17) is 0 Å². The Bertz CT molecular complexity index is 429. The van der Waals surface area contributed by atoms with Crippen molar-refractivity contribution in [3.63, 3.8) is 0 Å². The van der Waals surface area contributed by atoms with E-state index < -0.39 is 15.4 Å². The normalized spacial score (nSPS) is 13.8. The first-order valence-corrected chi connectivity index (χ1v) is 13.5. The van der Waals surface area contributed by atoms with E-state index in [1.165, 1.54) is 70.6 Å². The van der Waals surface area contributed by atoms with Crippen LogP contribution in [0.4, 0.5) is 0 Å². The van der Waals surface area contributed by atoms with Gasteiger partial charge in [-0.25, -0.2) is 8.42 Å². The Morgan fingerprint density at radius 1 is 0.655 bits per heavy atom. The standard InChI is InChI=1S/C23H48O4S.Na/c1-3-5-6-16-19-22(24)20-17-14-12-10-8-7-9-11-13-15-18-21-23(4-2)28(25,26)27;/h22-24H,3-21H2,1-2H3,(H,25,26,27);/q;+1/p-1. The fourth-order valence-electron chi connectivity index (χ4n) is 3.85. The molecule has 0 radical (unpaired) electrons. The van der Waals surface area contributed by atoms with Crippen LogP contribution in [0, 0.1) is 0 Å². The molecular weight excluding hydrogens is 395 g/mol. The minimum absolute atomic E-state index is 0. The number of unbranched alkanes of at least 4 members (excludes halogenated alkanes) is 13. The van der Waals surface area contributed by atoms with Crippen LogP contribution in [0.15, 0.2) is 0 Å². The van der Waals surface area contributed by atoms with E-state index in [0.717, 1.165) is 38.5 Å². The molecule has 0 spiro atoms. The molecule has 0 saturated heterocycles. The van der Waals surface area contributed by atoms with Crippen LogP contribution in [0.5, 0.6) is 0 Å². The molecule has 1 N–H and O–H groups in total. The predicted octanol–water partition coefficient (Wildman–Crippen LogP) is 3.72. The van der Waals surface area contributed by atoms with E-state index in [1.54, 1.807) is 6.92 Å². The number of aliphatic hydroxyl groups is 1. The zero-order valence-electron chi connectivity index (χ0n) is 19.7. The van der Waals surface area contributed by atoms with E-state index in [1.807, 2.05) is 0 Å². The van der Waals surface area contributed by atoms with Gasteiger partial charge in [-0.3, -0.25) is 0 Å². The van der Waals surface area contributed by atoms with Crippen molar-refractivity contribution in [1.29, 1.82) is 0 Å². The first-order chi connectivity index (χ1) is 13.4. The van der Waals surface area contributed by atoms with Crippen molar-refractivity contribution in [1.82, 2.24) is 0 Å². The Morgan fingerprint density at radius 3 is 1.34 bits per heavy atom. The van der Waals surface area contributed by atoms with Crippen molar-refractivity contribution in [2.75, 3.05) is 0 Å². The Balaban J connectivity index is 0. The van der Waals surface area contributed by atoms with Crippen LogP contribution in [0.1, 0.15) is 136 Å². The summed E-state index contributed by atoms with van der Waals surface area (Å²) < 4.78 is 33.1. The van der Waals surface area contributed by atoms with Gasteiger partial charge < -0.3 is 9.66 Å². The molecule has 0 heterocycles. The Kier molecular flexibility index (Phi) is 24.4. The Hall–Kier alpha value is 0.870. The second kappa shape index (κ2) is 22.1. The molecule has 0 aromatic carbocycles. The van der Waals surface area contributed by atoms with Crippen molar-refractivity contribution in [2.24, 2.45) is 0 Å². The monoisotopic (exact) mass is 442 g/mol. The molecule has 0 aliphatic carbocycles. The summed E-state index contributed by atoms with van der Waals surface area (Å²) in [7, 11) is -4.10. The zero-order valence-corrected chi connectivity index (χ0v) is 22.5. The molecule has 2 unspecified atom stereocenters. The second-order valence-corrected chi connectivity index (χ2v) is 10.1. The van der Waals surface area contributed by atoms with Crippen molar-refractivity contribution in [2.45, 2.75) is 147 Å². The average molecular weight is 443 g/mol. The molecule has 0 aromatic rings. The third-order valence-corrected chi connectivity index (χ3v) is 7.20. The van der Waals surface area contributed by atoms with Crippen LogP contribution >= 0.6 is 0 Å². The van der Waals surface area contributed by atoms with E-state index in [2.05, 4.69) is 6.92 Å². The molecule has 0 aromatic heterocycles. The van der Waals surface area contributed by atoms with Crippen LogP contribution in [0.2, 0.25) is 0 Å². The van der Waals surface area contributed by atoms with Crippen molar-refractivity contribution in [3.05, 3.63) is 0 Å². The maximum atomic E-state index is 11.0. The van der Waals surface area contributed by atoms with Gasteiger partial charge in [-0.1, -0.05) is 110 Å². The quantitative estimate of drug-likeness (QED) is 0.167. The molecule has 0 amide bonds. The van der Waals surface area contributed by atoms with Gasteiger partial charge in [0.15, 0.2) is 0 Å². The van der Waals surface area contributed by atoms with E-state index in [-0.39, 0.29) is 35.7 Å². The number of hydrogen-bond donors (Lipinski definition) is 1. The van der Waals surface area contributed by atoms with Crippen LogP contribution < -0.4 is 29.6 Å². The summed E-state index contributed by atoms with van der Waals surface area (Å²) in [6.07, 6.45) is 20.9. The molecular formula is C23H47NaO4S. The maximum Gasteiger partial charge on any atom is 1.00 e. The number of aliphatic hydroxyl groups excluding tert-OH is 1. The molecule has 6 heteroatoms. The molecule has 4 nitrogen and oxygen atoms in total. The maximum absolute atomic E-state index is 11.0. The van der Waals surface area contributed by atoms with Gasteiger partial charge in [-0.2, -0.15) is 0 Å². The first kappa shape index (κ1) is 32.1. The topological polar surface area (TPSA) is 77.4 Å². The third kappa shape index (κ3) is 21.9. The summed E-state index contributed by atoms with van der Waals surface area (Å²) in [6, 6.07) is 0. The summed E-state index contributed by atoms with van der Waals surface area (Å²) in [5.74, 6) is 0. The average Bonchev–Trinajstić information content (AvgIpc) is 2.64. The van der Waals surface area contributed by atoms with Gasteiger partial charge in [0.2, 0.25) is 0 Å². The predicted molar refractivity (Wildman–Crippen MR) is 119 cm³/mol. The van der Waals surface area contributed by atoms with E-state index >= 15 is 0 Å². The van der Waals surface area contributed by atoms with Crippen LogP contribution in [-0.4, -0.2) is 29.4 Å². The van der Waals surface area contributed by atoms with Gasteiger partial charge in [0.25, 0.3) is 0 Å². The fraction of sp³-hybridized carbons (Fsp3) is 1.00. The first-order valence-electron chi connectivity index (χ1n) is 12.0. The Labute approximate surface area is 204 Å². The van der Waals surface area contributed by atoms with Crippen molar-refractivity contribution in [3.8, 4) is 0 Å². The summed E-state index contributed by atoms with van der Waals surface area (Å²) in [4.78, 5) is 0. The van der Waals surface area contributed by atoms with Gasteiger partial charge in [-0.05, 0) is 25.7 Å². The van der Waals surface area contributed by atoms with Crippen molar-refractivity contribution < 1.29 is 47.6 Å². The molecule has 2 atom stereocenters. The van der Waals surface area contributed by atoms with Gasteiger partial charge in [0.1, 0.15) is 0 Å². The molecule has 0 fully saturated rings. The second-order valence-electron chi connectivity index (χ2n) is 8.49. The number of hydrogen-bond acceptors (Lipinski definition) is 4. The molecule has 0 rings (SSSR count). The number of rotatable bonds is 21. The van der Waals surface area contributed by atoms with Gasteiger partial charge in [0, 0.05) is 5.25 Å². The van der Waals surface area contributed by atoms with Crippen molar-refractivity contribution >= 4 is 10.1 Å². The summed E-state index contributed by atoms with van der Waals surface area (Å²) in [6.45, 7) is 3.99. The SMILES string of the molecule is CCCCCCC(O)CCCCCCCCCCCCCC(CC)S(=O)(=O)[O-].[Na+]. The van der Waals surface area contributed by atoms with Crippen LogP contribution in [0.3, 0.4) is 0 Å². The van der Waals surface area contributed by atoms with Gasteiger partial charge in [0.05, 0.1) is 16.2 Å². The van der Waals surface area contributed by atoms with Crippen LogP contribution in [0.25, 0.3) is 0 Å². The zero-order chi connectivity index (χ0) is 21.1. The molecule has 0 bridgehead atoms. The fourth-order valence-corrected chi connectivity index (χ4v) is 4.71. The minimum atomic E-state index is -4.10. The smallest absolute Gasteiger partial charge is 0.748 e. The summed E-state index contributed by atoms with van der Waals surface area (Å²) in [5.41, 5.74) is 0. The third-order valence-electron chi connectivity index (χ3n) is 5.82. The van der Waals surface area contributed by atoms with E-state index in [9.17, 15) is 18.1 Å². The van der Waals surface area contributed by atoms with Crippen LogP contribution in [-0.2, 0) is 10.1 Å². The van der Waals surface area contributed by atoms with Gasteiger partial charge >= 0.3 is 29.6 Å². The molecule has 170 valence electrons. The Morgan fingerprint density at radius 2 is 1.00 bits per heavy atom. The molecule has 0 saturated carbocycles.